The zero-order chi connectivity index (χ0) is 11.8. The van der Waals surface area contributed by atoms with E-state index in [4.69, 9.17) is 11.6 Å². The molecule has 0 atom stereocenters. The highest BCUT2D eigenvalue weighted by Crippen LogP contribution is 2.21. The summed E-state index contributed by atoms with van der Waals surface area (Å²) < 4.78 is 2.72. The summed E-state index contributed by atoms with van der Waals surface area (Å²) in [4.78, 5) is 4.45. The summed E-state index contributed by atoms with van der Waals surface area (Å²) in [6.45, 7) is 0. The average Bonchev–Trinajstić information content (AvgIpc) is 2.72. The molecule has 0 amide bonds. The minimum atomic E-state index is 0.672. The molecule has 3 nitrogen and oxygen atoms in total. The molecule has 0 aliphatic heterocycles. The second-order valence-corrected chi connectivity index (χ2v) is 4.95. The topological polar surface area (TPSA) is 30.2 Å². The van der Waals surface area contributed by atoms with E-state index in [9.17, 15) is 0 Å². The van der Waals surface area contributed by atoms with Gasteiger partial charge in [-0.15, -0.1) is 5.10 Å². The van der Waals surface area contributed by atoms with Gasteiger partial charge >= 0.3 is 0 Å². The maximum absolute atomic E-state index is 5.95. The lowest BCUT2D eigenvalue weighted by atomic mass is 10.2. The van der Waals surface area contributed by atoms with E-state index >= 15 is 0 Å². The molecule has 0 fully saturated rings. The van der Waals surface area contributed by atoms with Gasteiger partial charge in [0, 0.05) is 21.3 Å². The van der Waals surface area contributed by atoms with E-state index in [0.29, 0.717) is 10.8 Å². The molecule has 17 heavy (non-hydrogen) atoms. The Labute approximate surface area is 111 Å². The molecular weight excluding hydrogens is 302 g/mol. The first-order chi connectivity index (χ1) is 8.22. The summed E-state index contributed by atoms with van der Waals surface area (Å²) in [7, 11) is 0. The Morgan fingerprint density at radius 3 is 2.88 bits per heavy atom. The highest BCUT2D eigenvalue weighted by Gasteiger charge is 2.06. The predicted octanol–water partition coefficient (Wildman–Crippen LogP) is 3.81. The van der Waals surface area contributed by atoms with Gasteiger partial charge < -0.3 is 0 Å². The lowest BCUT2D eigenvalue weighted by Crippen LogP contribution is -1.85. The summed E-state index contributed by atoms with van der Waals surface area (Å²) >= 11 is 9.36. The summed E-state index contributed by atoms with van der Waals surface area (Å²) in [5.74, 6) is 0.672. The lowest BCUT2D eigenvalue weighted by Gasteiger charge is -1.94. The largest absolute Gasteiger partial charge is 0.220 e. The van der Waals surface area contributed by atoms with Crippen molar-refractivity contribution in [2.45, 2.75) is 0 Å². The van der Waals surface area contributed by atoms with Gasteiger partial charge in [0.05, 0.1) is 0 Å². The molecule has 3 aromatic rings. The van der Waals surface area contributed by atoms with Crippen molar-refractivity contribution >= 4 is 33.2 Å². The maximum atomic E-state index is 5.95. The van der Waals surface area contributed by atoms with Crippen molar-refractivity contribution in [2.75, 3.05) is 0 Å². The SMILES string of the molecule is Clc1cccc(-c2nc3cc(Br)ccn3n2)c1. The number of halogens is 2. The summed E-state index contributed by atoms with van der Waals surface area (Å²) in [5.41, 5.74) is 1.71. The molecule has 5 heteroatoms. The number of hydrogen-bond acceptors (Lipinski definition) is 2. The fraction of sp³-hybridized carbons (Fsp3) is 0. The molecule has 0 saturated heterocycles. The predicted molar refractivity (Wildman–Crippen MR) is 71.1 cm³/mol. The first-order valence-corrected chi connectivity index (χ1v) is 6.17. The van der Waals surface area contributed by atoms with Crippen LogP contribution in [0.2, 0.25) is 5.02 Å². The van der Waals surface area contributed by atoms with Crippen molar-refractivity contribution in [3.8, 4) is 11.4 Å². The molecule has 0 spiro atoms. The molecule has 0 aliphatic carbocycles. The van der Waals surface area contributed by atoms with Gasteiger partial charge in [0.25, 0.3) is 0 Å². The van der Waals surface area contributed by atoms with Gasteiger partial charge in [0.15, 0.2) is 11.5 Å². The Bertz CT molecular complexity index is 693. The quantitative estimate of drug-likeness (QED) is 0.684. The summed E-state index contributed by atoms with van der Waals surface area (Å²) in [6.07, 6.45) is 1.86. The van der Waals surface area contributed by atoms with Gasteiger partial charge in [-0.05, 0) is 24.3 Å². The third-order valence-corrected chi connectivity index (χ3v) is 3.11. The van der Waals surface area contributed by atoms with Crippen LogP contribution >= 0.6 is 27.5 Å². The van der Waals surface area contributed by atoms with Crippen LogP contribution in [0.3, 0.4) is 0 Å². The van der Waals surface area contributed by atoms with E-state index in [1.165, 1.54) is 0 Å². The molecule has 3 rings (SSSR count). The maximum Gasteiger partial charge on any atom is 0.182 e. The van der Waals surface area contributed by atoms with Gasteiger partial charge in [0.2, 0.25) is 0 Å². The standard InChI is InChI=1S/C12H7BrClN3/c13-9-4-5-17-11(7-9)15-12(16-17)8-2-1-3-10(14)6-8/h1-7H. The van der Waals surface area contributed by atoms with Crippen LogP contribution in [0.15, 0.2) is 47.1 Å². The Morgan fingerprint density at radius 2 is 2.06 bits per heavy atom. The van der Waals surface area contributed by atoms with Crippen molar-refractivity contribution in [3.63, 3.8) is 0 Å². The van der Waals surface area contributed by atoms with Crippen LogP contribution < -0.4 is 0 Å². The number of rotatable bonds is 1. The highest BCUT2D eigenvalue weighted by atomic mass is 79.9. The monoisotopic (exact) mass is 307 g/mol. The minimum absolute atomic E-state index is 0.672. The summed E-state index contributed by atoms with van der Waals surface area (Å²) in [6, 6.07) is 11.3. The van der Waals surface area contributed by atoms with Crippen molar-refractivity contribution in [2.24, 2.45) is 0 Å². The molecule has 0 saturated carbocycles. The number of fused-ring (bicyclic) bond motifs is 1. The Hall–Kier alpha value is -1.39. The van der Waals surface area contributed by atoms with Crippen LogP contribution in [0.1, 0.15) is 0 Å². The Kier molecular flexibility index (Phi) is 2.61. The van der Waals surface area contributed by atoms with E-state index < -0.39 is 0 Å². The number of hydrogen-bond donors (Lipinski definition) is 0. The van der Waals surface area contributed by atoms with Gasteiger partial charge in [-0.3, -0.25) is 0 Å². The number of nitrogens with zero attached hydrogens (tertiary/aromatic N) is 3. The molecule has 0 radical (unpaired) electrons. The van der Waals surface area contributed by atoms with Crippen molar-refractivity contribution < 1.29 is 0 Å². The van der Waals surface area contributed by atoms with E-state index in [2.05, 4.69) is 26.0 Å². The minimum Gasteiger partial charge on any atom is -0.220 e. The first kappa shape index (κ1) is 10.7. The van der Waals surface area contributed by atoms with Crippen LogP contribution in [0.5, 0.6) is 0 Å². The van der Waals surface area contributed by atoms with E-state index in [-0.39, 0.29) is 0 Å². The van der Waals surface area contributed by atoms with Crippen molar-refractivity contribution in [1.82, 2.24) is 14.6 Å². The van der Waals surface area contributed by atoms with Crippen molar-refractivity contribution in [1.29, 1.82) is 0 Å². The van der Waals surface area contributed by atoms with Crippen LogP contribution in [0.25, 0.3) is 17.0 Å². The Morgan fingerprint density at radius 1 is 1.18 bits per heavy atom. The fourth-order valence-corrected chi connectivity index (χ4v) is 2.12. The smallest absolute Gasteiger partial charge is 0.182 e. The van der Waals surface area contributed by atoms with Crippen LogP contribution in [0.4, 0.5) is 0 Å². The summed E-state index contributed by atoms with van der Waals surface area (Å²) in [5, 5.41) is 5.07. The van der Waals surface area contributed by atoms with E-state index in [1.807, 2.05) is 42.6 Å². The number of pyridine rings is 1. The van der Waals surface area contributed by atoms with Gasteiger partial charge in [-0.2, -0.15) is 0 Å². The van der Waals surface area contributed by atoms with Gasteiger partial charge in [-0.25, -0.2) is 9.50 Å². The van der Waals surface area contributed by atoms with Gasteiger partial charge in [-0.1, -0.05) is 39.7 Å². The van der Waals surface area contributed by atoms with Crippen LogP contribution in [0, 0.1) is 0 Å². The van der Waals surface area contributed by atoms with Crippen LogP contribution in [-0.4, -0.2) is 14.6 Å². The van der Waals surface area contributed by atoms with Crippen molar-refractivity contribution in [3.05, 3.63) is 52.1 Å². The molecule has 84 valence electrons. The zero-order valence-corrected chi connectivity index (χ0v) is 11.0. The number of benzene rings is 1. The second-order valence-electron chi connectivity index (χ2n) is 3.59. The lowest BCUT2D eigenvalue weighted by molar-refractivity contribution is 0.964. The molecule has 0 aliphatic rings. The van der Waals surface area contributed by atoms with Crippen LogP contribution in [-0.2, 0) is 0 Å². The van der Waals surface area contributed by atoms with E-state index in [1.54, 1.807) is 4.52 Å². The second kappa shape index (κ2) is 4.13. The van der Waals surface area contributed by atoms with E-state index in [0.717, 1.165) is 15.7 Å². The normalized spacial score (nSPS) is 10.9. The Balaban J connectivity index is 2.18. The zero-order valence-electron chi connectivity index (χ0n) is 8.64. The molecule has 2 aromatic heterocycles. The highest BCUT2D eigenvalue weighted by molar-refractivity contribution is 9.10. The molecule has 1 aromatic carbocycles. The third-order valence-electron chi connectivity index (χ3n) is 2.38. The molecular formula is C12H7BrClN3. The first-order valence-electron chi connectivity index (χ1n) is 5.00. The molecule has 2 heterocycles. The van der Waals surface area contributed by atoms with Gasteiger partial charge in [0.1, 0.15) is 0 Å². The number of aromatic nitrogens is 3. The molecule has 0 N–H and O–H groups in total. The third kappa shape index (κ3) is 2.06. The molecule has 0 bridgehead atoms. The fourth-order valence-electron chi connectivity index (χ4n) is 1.61. The molecule has 0 unspecified atom stereocenters. The average molecular weight is 309 g/mol.